The van der Waals surface area contributed by atoms with E-state index in [0.29, 0.717) is 27.9 Å². The van der Waals surface area contributed by atoms with E-state index < -0.39 is 23.7 Å². The van der Waals surface area contributed by atoms with Crippen molar-refractivity contribution in [3.05, 3.63) is 107 Å². The summed E-state index contributed by atoms with van der Waals surface area (Å²) in [7, 11) is 2.52. The first-order valence-corrected chi connectivity index (χ1v) is 13.8. The molecule has 0 atom stereocenters. The number of nitrogen functional groups attached to an aromatic ring is 2. The SMILES string of the molecule is COC(=O)c1ccc2cc(CN(C(=O)OC)c3c(N)nc(-n4nc(Cc5ccccc5F)c5ncc(F)cc54)nc3N)ccc2c1. The molecule has 12 nitrogen and oxygen atoms in total. The number of pyridine rings is 1. The number of aromatic nitrogens is 5. The maximum atomic E-state index is 14.4. The predicted molar refractivity (Wildman–Crippen MR) is 166 cm³/mol. The summed E-state index contributed by atoms with van der Waals surface area (Å²) in [4.78, 5) is 39.0. The van der Waals surface area contributed by atoms with Gasteiger partial charge in [0.1, 0.15) is 22.8 Å². The van der Waals surface area contributed by atoms with Crippen molar-refractivity contribution in [1.82, 2.24) is 24.7 Å². The summed E-state index contributed by atoms with van der Waals surface area (Å²) in [5.41, 5.74) is 15.0. The summed E-state index contributed by atoms with van der Waals surface area (Å²) >= 11 is 0. The molecule has 0 aliphatic rings. The van der Waals surface area contributed by atoms with Gasteiger partial charge >= 0.3 is 12.1 Å². The van der Waals surface area contributed by atoms with Crippen LogP contribution in [0, 0.1) is 11.6 Å². The molecule has 3 heterocycles. The molecule has 232 valence electrons. The summed E-state index contributed by atoms with van der Waals surface area (Å²) in [6, 6.07) is 17.9. The van der Waals surface area contributed by atoms with Crippen LogP contribution in [0.4, 0.5) is 30.9 Å². The highest BCUT2D eigenvalue weighted by molar-refractivity contribution is 5.97. The molecular formula is C32H26F2N8O4. The van der Waals surface area contributed by atoms with Crippen LogP contribution in [0.25, 0.3) is 27.8 Å². The third-order valence-corrected chi connectivity index (χ3v) is 7.32. The van der Waals surface area contributed by atoms with Gasteiger partial charge in [-0.2, -0.15) is 19.7 Å². The van der Waals surface area contributed by atoms with Crippen LogP contribution in [-0.4, -0.2) is 51.0 Å². The Kier molecular flexibility index (Phi) is 7.84. The molecule has 3 aromatic carbocycles. The van der Waals surface area contributed by atoms with Crippen molar-refractivity contribution < 1.29 is 27.8 Å². The molecule has 3 aromatic heterocycles. The highest BCUT2D eigenvalue weighted by Crippen LogP contribution is 2.32. The van der Waals surface area contributed by atoms with Gasteiger partial charge in [0.05, 0.1) is 43.7 Å². The molecule has 0 radical (unpaired) electrons. The fourth-order valence-electron chi connectivity index (χ4n) is 5.14. The van der Waals surface area contributed by atoms with Crippen molar-refractivity contribution >= 4 is 51.2 Å². The standard InChI is InChI=1S/C32H26F2N8O4/c1-45-30(43)21-10-9-18-11-17(7-8-19(18)12-21)16-41(32(44)46-2)27-28(35)38-31(39-29(27)36)42-25-14-22(33)15-37-26(25)24(40-42)13-20-5-3-4-6-23(20)34/h3-12,14-15H,13,16H2,1-2H3,(H4,35,36,38,39). The molecule has 1 amide bonds. The fraction of sp³-hybridized carbons (Fsp3) is 0.125. The first kappa shape index (κ1) is 29.9. The Morgan fingerprint density at radius 1 is 0.913 bits per heavy atom. The molecule has 0 fully saturated rings. The van der Waals surface area contributed by atoms with E-state index in [9.17, 15) is 18.4 Å². The number of amides is 1. The first-order valence-electron chi connectivity index (χ1n) is 13.8. The van der Waals surface area contributed by atoms with Crippen LogP contribution < -0.4 is 16.4 Å². The number of carbonyl (C=O) groups is 2. The van der Waals surface area contributed by atoms with E-state index in [2.05, 4.69) is 20.1 Å². The summed E-state index contributed by atoms with van der Waals surface area (Å²) in [6.07, 6.45) is 0.313. The topological polar surface area (TPSA) is 164 Å². The summed E-state index contributed by atoms with van der Waals surface area (Å²) in [6.45, 7) is -0.0227. The van der Waals surface area contributed by atoms with E-state index in [-0.39, 0.29) is 41.8 Å². The molecule has 0 aliphatic heterocycles. The zero-order valence-corrected chi connectivity index (χ0v) is 24.6. The molecule has 14 heteroatoms. The minimum Gasteiger partial charge on any atom is -0.465 e. The Labute approximate surface area is 260 Å². The second kappa shape index (κ2) is 12.1. The lowest BCUT2D eigenvalue weighted by molar-refractivity contribution is 0.0601. The number of rotatable bonds is 7. The van der Waals surface area contributed by atoms with Crippen molar-refractivity contribution in [3.63, 3.8) is 0 Å². The minimum absolute atomic E-state index is 0.0101. The van der Waals surface area contributed by atoms with Gasteiger partial charge in [0, 0.05) is 12.5 Å². The number of hydrogen-bond acceptors (Lipinski definition) is 10. The molecule has 6 rings (SSSR count). The largest absolute Gasteiger partial charge is 0.465 e. The number of anilines is 3. The number of fused-ring (bicyclic) bond motifs is 2. The van der Waals surface area contributed by atoms with Crippen molar-refractivity contribution in [2.24, 2.45) is 0 Å². The maximum absolute atomic E-state index is 14.4. The van der Waals surface area contributed by atoms with E-state index in [1.807, 2.05) is 6.07 Å². The Bertz CT molecular complexity index is 2130. The molecular weight excluding hydrogens is 598 g/mol. The molecule has 0 saturated carbocycles. The van der Waals surface area contributed by atoms with Crippen molar-refractivity contribution in [1.29, 1.82) is 0 Å². The molecule has 0 bridgehead atoms. The van der Waals surface area contributed by atoms with Crippen LogP contribution in [-0.2, 0) is 22.4 Å². The quantitative estimate of drug-likeness (QED) is 0.232. The normalized spacial score (nSPS) is 11.1. The number of nitrogens with zero attached hydrogens (tertiary/aromatic N) is 6. The van der Waals surface area contributed by atoms with Crippen molar-refractivity contribution in [2.45, 2.75) is 13.0 Å². The van der Waals surface area contributed by atoms with Gasteiger partial charge in [0.15, 0.2) is 11.6 Å². The molecule has 0 saturated heterocycles. The summed E-state index contributed by atoms with van der Waals surface area (Å²) < 4.78 is 39.8. The molecule has 4 N–H and O–H groups in total. The van der Waals surface area contributed by atoms with Crippen LogP contribution in [0.2, 0.25) is 0 Å². The summed E-state index contributed by atoms with van der Waals surface area (Å²) in [5.74, 6) is -2.00. The third-order valence-electron chi connectivity index (χ3n) is 7.32. The number of ether oxygens (including phenoxy) is 2. The van der Waals surface area contributed by atoms with E-state index in [0.717, 1.165) is 17.0 Å². The lowest BCUT2D eigenvalue weighted by Gasteiger charge is -2.24. The molecule has 0 unspecified atom stereocenters. The fourth-order valence-corrected chi connectivity index (χ4v) is 5.14. The van der Waals surface area contributed by atoms with Crippen LogP contribution in [0.1, 0.15) is 27.2 Å². The number of esters is 1. The number of halogens is 2. The Hall–Kier alpha value is -6.18. The van der Waals surface area contributed by atoms with Crippen LogP contribution in [0.5, 0.6) is 0 Å². The number of methoxy groups -OCH3 is 2. The van der Waals surface area contributed by atoms with Gasteiger partial charge in [-0.25, -0.2) is 23.4 Å². The highest BCUT2D eigenvalue weighted by Gasteiger charge is 2.26. The van der Waals surface area contributed by atoms with Gasteiger partial charge in [-0.15, -0.1) is 0 Å². The van der Waals surface area contributed by atoms with Gasteiger partial charge in [0.2, 0.25) is 0 Å². The van der Waals surface area contributed by atoms with Gasteiger partial charge in [0.25, 0.3) is 5.95 Å². The zero-order chi connectivity index (χ0) is 32.5. The molecule has 0 spiro atoms. The van der Waals surface area contributed by atoms with Gasteiger partial charge in [-0.05, 0) is 46.2 Å². The second-order valence-corrected chi connectivity index (χ2v) is 10.2. The van der Waals surface area contributed by atoms with E-state index in [4.69, 9.17) is 20.9 Å². The van der Waals surface area contributed by atoms with Crippen LogP contribution >= 0.6 is 0 Å². The zero-order valence-electron chi connectivity index (χ0n) is 24.6. The lowest BCUT2D eigenvalue weighted by atomic mass is 10.0. The average molecular weight is 625 g/mol. The minimum atomic E-state index is -0.779. The van der Waals surface area contributed by atoms with Gasteiger partial charge in [-0.1, -0.05) is 36.4 Å². The number of benzene rings is 3. The monoisotopic (exact) mass is 624 g/mol. The van der Waals surface area contributed by atoms with E-state index in [1.54, 1.807) is 48.5 Å². The van der Waals surface area contributed by atoms with Crippen LogP contribution in [0.15, 0.2) is 72.9 Å². The van der Waals surface area contributed by atoms with Crippen molar-refractivity contribution in [2.75, 3.05) is 30.6 Å². The molecule has 46 heavy (non-hydrogen) atoms. The lowest BCUT2D eigenvalue weighted by Crippen LogP contribution is -2.32. The van der Waals surface area contributed by atoms with Crippen molar-refractivity contribution in [3.8, 4) is 5.95 Å². The van der Waals surface area contributed by atoms with Gasteiger partial charge < -0.3 is 20.9 Å². The maximum Gasteiger partial charge on any atom is 0.414 e. The Balaban J connectivity index is 1.38. The third kappa shape index (κ3) is 5.58. The van der Waals surface area contributed by atoms with Gasteiger partial charge in [-0.3, -0.25) is 4.90 Å². The summed E-state index contributed by atoms with van der Waals surface area (Å²) in [5, 5.41) is 6.11. The Morgan fingerprint density at radius 3 is 2.35 bits per heavy atom. The smallest absolute Gasteiger partial charge is 0.414 e. The van der Waals surface area contributed by atoms with Crippen LogP contribution in [0.3, 0.4) is 0 Å². The van der Waals surface area contributed by atoms with E-state index >= 15 is 0 Å². The molecule has 0 aliphatic carbocycles. The number of carbonyl (C=O) groups excluding carboxylic acids is 2. The number of nitrogens with two attached hydrogens (primary N) is 2. The average Bonchev–Trinajstić information content (AvgIpc) is 3.40. The molecule has 6 aromatic rings. The second-order valence-electron chi connectivity index (χ2n) is 10.2. The number of hydrogen-bond donors (Lipinski definition) is 2. The van der Waals surface area contributed by atoms with E-state index in [1.165, 1.54) is 35.9 Å². The Morgan fingerprint density at radius 2 is 1.63 bits per heavy atom. The predicted octanol–water partition coefficient (Wildman–Crippen LogP) is 4.96. The highest BCUT2D eigenvalue weighted by atomic mass is 19.1. The first-order chi connectivity index (χ1) is 22.2.